The van der Waals surface area contributed by atoms with Crippen LogP contribution in [0.1, 0.15) is 21.5 Å². The van der Waals surface area contributed by atoms with Gasteiger partial charge in [0.2, 0.25) is 11.1 Å². The van der Waals surface area contributed by atoms with E-state index >= 15 is 0 Å². The first-order valence-corrected chi connectivity index (χ1v) is 11.5. The largest absolute Gasteiger partial charge is 0.436 e. The summed E-state index contributed by atoms with van der Waals surface area (Å²) in [5.41, 5.74) is 4.18. The average molecular weight is 535 g/mol. The fourth-order valence-electron chi connectivity index (χ4n) is 2.86. The summed E-state index contributed by atoms with van der Waals surface area (Å²) in [7, 11) is 0. The van der Waals surface area contributed by atoms with Gasteiger partial charge in [0.1, 0.15) is 5.75 Å². The van der Waals surface area contributed by atoms with Crippen molar-refractivity contribution in [2.75, 3.05) is 0 Å². The zero-order valence-corrected chi connectivity index (χ0v) is 20.4. The Labute approximate surface area is 212 Å². The number of thiocarbonyl (C=S) groups is 1. The van der Waals surface area contributed by atoms with Crippen LogP contribution in [0.25, 0.3) is 6.08 Å². The minimum Gasteiger partial charge on any atom is -0.436 e. The number of ether oxygens (including phenoxy) is 1. The van der Waals surface area contributed by atoms with Gasteiger partial charge in [0.05, 0.1) is 21.7 Å². The lowest BCUT2D eigenvalue weighted by Crippen LogP contribution is -2.44. The maximum atomic E-state index is 13.9. The van der Waals surface area contributed by atoms with E-state index in [1.165, 1.54) is 0 Å². The highest BCUT2D eigenvalue weighted by atomic mass is 35.5. The summed E-state index contributed by atoms with van der Waals surface area (Å²) in [5.74, 6) is -1.92. The molecule has 0 atom stereocenters. The van der Waals surface area contributed by atoms with E-state index in [-0.39, 0.29) is 36.7 Å². The monoisotopic (exact) mass is 534 g/mol. The van der Waals surface area contributed by atoms with Crippen molar-refractivity contribution in [3.8, 4) is 11.6 Å². The summed E-state index contributed by atoms with van der Waals surface area (Å²) in [5, 5.41) is 1.09. The molecule has 2 heterocycles. The van der Waals surface area contributed by atoms with E-state index in [0.29, 0.717) is 5.56 Å². The molecule has 1 aromatic heterocycles. The van der Waals surface area contributed by atoms with Crippen LogP contribution >= 0.6 is 47.2 Å². The molecule has 0 spiro atoms. The molecule has 172 valence electrons. The van der Waals surface area contributed by atoms with E-state index in [1.54, 1.807) is 48.5 Å². The van der Waals surface area contributed by atoms with Crippen molar-refractivity contribution in [1.82, 2.24) is 20.4 Å². The minimum atomic E-state index is -0.778. The summed E-state index contributed by atoms with van der Waals surface area (Å²) in [6, 6.07) is 11.5. The molecule has 2 aromatic carbocycles. The predicted molar refractivity (Wildman–Crippen MR) is 132 cm³/mol. The number of nitrogens with one attached hydrogen (secondary N) is 1. The Bertz CT molecular complexity index is 1370. The first-order valence-electron chi connectivity index (χ1n) is 9.52. The van der Waals surface area contributed by atoms with Gasteiger partial charge in [0, 0.05) is 0 Å². The van der Waals surface area contributed by atoms with E-state index in [1.807, 2.05) is 6.92 Å². The molecule has 12 heteroatoms. The van der Waals surface area contributed by atoms with Crippen molar-refractivity contribution in [2.45, 2.75) is 6.92 Å². The van der Waals surface area contributed by atoms with Gasteiger partial charge in [-0.3, -0.25) is 15.0 Å². The van der Waals surface area contributed by atoms with Gasteiger partial charge in [-0.15, -0.1) is 0 Å². The molecule has 3 aromatic rings. The van der Waals surface area contributed by atoms with Crippen LogP contribution < -0.4 is 10.2 Å². The molecule has 0 radical (unpaired) electrons. The number of aromatic nitrogens is 2. The highest BCUT2D eigenvalue weighted by molar-refractivity contribution is 8.26. The molecule has 0 bridgehead atoms. The number of carbonyl (C=O) groups is 2. The van der Waals surface area contributed by atoms with Crippen molar-refractivity contribution in [1.29, 1.82) is 0 Å². The quantitative estimate of drug-likeness (QED) is 0.260. The van der Waals surface area contributed by atoms with Gasteiger partial charge in [0.25, 0.3) is 17.7 Å². The number of nitrogens with zero attached hydrogens (tertiary/aromatic N) is 3. The van der Waals surface area contributed by atoms with Crippen LogP contribution in [0.5, 0.6) is 11.6 Å². The molecule has 1 aliphatic rings. The molecule has 7 nitrogen and oxygen atoms in total. The van der Waals surface area contributed by atoms with Crippen LogP contribution in [0.15, 0.2) is 53.6 Å². The van der Waals surface area contributed by atoms with Crippen LogP contribution in [0, 0.1) is 12.7 Å². The molecule has 0 saturated carbocycles. The van der Waals surface area contributed by atoms with Gasteiger partial charge in [-0.05, 0) is 72.2 Å². The number of rotatable bonds is 5. The van der Waals surface area contributed by atoms with Crippen molar-refractivity contribution in [3.63, 3.8) is 0 Å². The van der Waals surface area contributed by atoms with Crippen LogP contribution in [0.4, 0.5) is 4.39 Å². The zero-order chi connectivity index (χ0) is 24.4. The molecular formula is C22H13Cl2FN4O3S2. The lowest BCUT2D eigenvalue weighted by atomic mass is 10.1. The second-order valence-electron chi connectivity index (χ2n) is 6.91. The first kappa shape index (κ1) is 24.1. The second kappa shape index (κ2) is 10.1. The van der Waals surface area contributed by atoms with E-state index in [4.69, 9.17) is 40.2 Å². The second-order valence-corrected chi connectivity index (χ2v) is 9.33. The van der Waals surface area contributed by atoms with Crippen LogP contribution in [0.2, 0.25) is 10.3 Å². The van der Waals surface area contributed by atoms with Crippen LogP contribution in [-0.2, 0) is 4.79 Å². The molecule has 4 rings (SSSR count). The Morgan fingerprint density at radius 1 is 1.26 bits per heavy atom. The number of thioether (sulfide) groups is 1. The Morgan fingerprint density at radius 3 is 2.82 bits per heavy atom. The molecule has 1 aliphatic heterocycles. The third-order valence-corrected chi connectivity index (χ3v) is 6.23. The minimum absolute atomic E-state index is 0.151. The number of hydrogen-bond acceptors (Lipinski definition) is 7. The van der Waals surface area contributed by atoms with E-state index in [9.17, 15) is 14.0 Å². The molecule has 1 saturated heterocycles. The SMILES string of the molecule is Cc1ccc(C(=O)NN2C(=O)/C(=C\c3cccc(Oc4nc(Cl)ncc4F)c3)SC2=S)c(Cl)c1. The van der Waals surface area contributed by atoms with Crippen LogP contribution in [-0.4, -0.2) is 31.1 Å². The molecular weight excluding hydrogens is 522 g/mol. The van der Waals surface area contributed by atoms with E-state index < -0.39 is 17.6 Å². The first-order chi connectivity index (χ1) is 16.2. The highest BCUT2D eigenvalue weighted by Gasteiger charge is 2.34. The van der Waals surface area contributed by atoms with Gasteiger partial charge in [-0.25, -0.2) is 4.98 Å². The standard InChI is InChI=1S/C22H13Cl2FN4O3S2/c1-11-5-6-14(15(23)7-11)18(30)28-29-20(31)17(34-22(29)33)9-12-3-2-4-13(8-12)32-19-16(25)10-26-21(24)27-19/h2-10H,1H3,(H,28,30)/b17-9+. The normalized spacial score (nSPS) is 14.6. The fraction of sp³-hybridized carbons (Fsp3) is 0.0455. The molecule has 34 heavy (non-hydrogen) atoms. The third kappa shape index (κ3) is 5.36. The van der Waals surface area contributed by atoms with E-state index in [0.717, 1.165) is 28.5 Å². The lowest BCUT2D eigenvalue weighted by Gasteiger charge is -2.16. The maximum Gasteiger partial charge on any atom is 0.285 e. The van der Waals surface area contributed by atoms with Crippen molar-refractivity contribution < 1.29 is 18.7 Å². The average Bonchev–Trinajstić information content (AvgIpc) is 3.03. The number of amides is 2. The highest BCUT2D eigenvalue weighted by Crippen LogP contribution is 2.33. The smallest absolute Gasteiger partial charge is 0.285 e. The van der Waals surface area contributed by atoms with Gasteiger partial charge in [-0.2, -0.15) is 14.4 Å². The molecule has 0 aliphatic carbocycles. The van der Waals surface area contributed by atoms with Gasteiger partial charge in [0.15, 0.2) is 4.32 Å². The molecule has 1 N–H and O–H groups in total. The zero-order valence-electron chi connectivity index (χ0n) is 17.2. The number of halogens is 3. The van der Waals surface area contributed by atoms with Gasteiger partial charge in [-0.1, -0.05) is 41.6 Å². The Balaban J connectivity index is 1.51. The molecule has 1 fully saturated rings. The lowest BCUT2D eigenvalue weighted by molar-refractivity contribution is -0.123. The number of hydrogen-bond donors (Lipinski definition) is 1. The number of aryl methyl sites for hydroxylation is 1. The topological polar surface area (TPSA) is 84.4 Å². The summed E-state index contributed by atoms with van der Waals surface area (Å²) >= 11 is 18.1. The van der Waals surface area contributed by atoms with Crippen molar-refractivity contribution >= 4 is 69.4 Å². The predicted octanol–water partition coefficient (Wildman–Crippen LogP) is 5.57. The van der Waals surface area contributed by atoms with Crippen molar-refractivity contribution in [3.05, 3.63) is 86.4 Å². The summed E-state index contributed by atoms with van der Waals surface area (Å²) in [6.07, 6.45) is 2.47. The van der Waals surface area contributed by atoms with Gasteiger partial charge < -0.3 is 4.74 Å². The maximum absolute atomic E-state index is 13.9. The van der Waals surface area contributed by atoms with Gasteiger partial charge >= 0.3 is 0 Å². The van der Waals surface area contributed by atoms with E-state index in [2.05, 4.69) is 15.4 Å². The summed E-state index contributed by atoms with van der Waals surface area (Å²) in [4.78, 5) is 33.0. The Hall–Kier alpha value is -3.05. The fourth-order valence-corrected chi connectivity index (χ4v) is 4.49. The molecule has 2 amide bonds. The number of carbonyl (C=O) groups excluding carboxylic acids is 2. The van der Waals surface area contributed by atoms with Crippen LogP contribution in [0.3, 0.4) is 0 Å². The Kier molecular flexibility index (Phi) is 7.13. The third-order valence-electron chi connectivity index (χ3n) is 4.43. The molecule has 0 unspecified atom stereocenters. The van der Waals surface area contributed by atoms with Crippen molar-refractivity contribution in [2.24, 2.45) is 0 Å². The summed E-state index contributed by atoms with van der Waals surface area (Å²) < 4.78 is 19.5. The number of benzene rings is 2. The summed E-state index contributed by atoms with van der Waals surface area (Å²) in [6.45, 7) is 1.85. The number of hydrazine groups is 1. The Morgan fingerprint density at radius 2 is 2.06 bits per heavy atom.